The summed E-state index contributed by atoms with van der Waals surface area (Å²) < 4.78 is 10.2. The van der Waals surface area contributed by atoms with E-state index in [4.69, 9.17) is 14.4 Å². The molecule has 0 N–H and O–H groups in total. The second kappa shape index (κ2) is 7.80. The van der Waals surface area contributed by atoms with E-state index >= 15 is 0 Å². The molecule has 0 radical (unpaired) electrons. The molecule has 3 heterocycles. The van der Waals surface area contributed by atoms with Crippen molar-refractivity contribution in [2.75, 3.05) is 0 Å². The van der Waals surface area contributed by atoms with Crippen LogP contribution in [0.25, 0.3) is 61.0 Å². The van der Waals surface area contributed by atoms with Gasteiger partial charge in [0.1, 0.15) is 0 Å². The maximum atomic E-state index is 6.60. The van der Waals surface area contributed by atoms with E-state index in [0.29, 0.717) is 0 Å². The van der Waals surface area contributed by atoms with Crippen molar-refractivity contribution in [3.8, 4) is 17.1 Å². The number of imidazole rings is 1. The third kappa shape index (κ3) is 3.21. The number of fused-ring (bicyclic) bond motifs is 6. The number of para-hydroxylation sites is 2. The summed E-state index contributed by atoms with van der Waals surface area (Å²) in [6.45, 7) is 0. The molecule has 0 unspecified atom stereocenters. The first kappa shape index (κ1) is 21.4. The summed E-state index contributed by atoms with van der Waals surface area (Å²) in [4.78, 5) is 10.1. The van der Waals surface area contributed by atoms with Crippen LogP contribution in [-0.2, 0) is 0 Å². The number of nitrogens with zero attached hydrogens (tertiary/aromatic N) is 3. The molecule has 0 bridgehead atoms. The second-order valence-electron chi connectivity index (χ2n) is 10.4. The van der Waals surface area contributed by atoms with Crippen LogP contribution in [0.5, 0.6) is 0 Å². The van der Waals surface area contributed by atoms with E-state index in [0.717, 1.165) is 61.0 Å². The van der Waals surface area contributed by atoms with Gasteiger partial charge in [-0.15, -0.1) is 0 Å². The Balaban J connectivity index is 1.58. The first-order valence-corrected chi connectivity index (χ1v) is 19.6. The zero-order valence-electron chi connectivity index (χ0n) is 20.5. The molecule has 0 amide bonds. The molecule has 4 nitrogen and oxygen atoms in total. The molecular weight excluding hydrogens is 503 g/mol. The molecule has 5 heteroatoms. The Morgan fingerprint density at radius 1 is 0.750 bits per heavy atom. The minimum atomic E-state index is -1.99. The van der Waals surface area contributed by atoms with Crippen LogP contribution in [0.2, 0.25) is 17.3 Å². The number of pyridine rings is 1. The average molecular weight is 528 g/mol. The van der Waals surface area contributed by atoms with Gasteiger partial charge in [-0.1, -0.05) is 6.07 Å². The fourth-order valence-corrected chi connectivity index (χ4v) is 7.52. The van der Waals surface area contributed by atoms with E-state index in [1.807, 2.05) is 30.5 Å². The van der Waals surface area contributed by atoms with E-state index in [9.17, 15) is 0 Å². The van der Waals surface area contributed by atoms with Gasteiger partial charge in [-0.2, -0.15) is 0 Å². The van der Waals surface area contributed by atoms with Crippen molar-refractivity contribution in [3.05, 3.63) is 97.2 Å². The number of aromatic nitrogens is 3. The summed E-state index contributed by atoms with van der Waals surface area (Å²) in [7, 11) is 0. The number of rotatable bonds is 3. The molecule has 4 aromatic carbocycles. The molecule has 36 heavy (non-hydrogen) atoms. The fourth-order valence-electron chi connectivity index (χ4n) is 5.11. The van der Waals surface area contributed by atoms with Gasteiger partial charge in [-0.05, 0) is 0 Å². The number of benzene rings is 4. The molecule has 0 aliphatic heterocycles. The van der Waals surface area contributed by atoms with Gasteiger partial charge in [0.15, 0.2) is 0 Å². The van der Waals surface area contributed by atoms with Gasteiger partial charge in [0.2, 0.25) is 0 Å². The molecule has 0 saturated carbocycles. The van der Waals surface area contributed by atoms with Crippen molar-refractivity contribution in [2.24, 2.45) is 0 Å². The fraction of sp³-hybridized carbons (Fsp3) is 0.0968. The van der Waals surface area contributed by atoms with Gasteiger partial charge >= 0.3 is 206 Å². The van der Waals surface area contributed by atoms with Crippen molar-refractivity contribution in [1.82, 2.24) is 14.5 Å². The summed E-state index contributed by atoms with van der Waals surface area (Å²) in [5.74, 6) is 8.07. The Kier molecular flexibility index (Phi) is 4.64. The Morgan fingerprint density at radius 3 is 2.36 bits per heavy atom. The van der Waals surface area contributed by atoms with Crippen molar-refractivity contribution < 1.29 is 4.42 Å². The van der Waals surface area contributed by atoms with Gasteiger partial charge in [0, 0.05) is 0 Å². The number of hydrogen-bond donors (Lipinski definition) is 0. The van der Waals surface area contributed by atoms with Crippen molar-refractivity contribution in [2.45, 2.75) is 17.3 Å². The third-order valence-electron chi connectivity index (χ3n) is 7.02. The molecule has 0 fully saturated rings. The zero-order chi connectivity index (χ0) is 24.4. The Bertz CT molecular complexity index is 1930. The van der Waals surface area contributed by atoms with Crippen LogP contribution in [0.15, 0.2) is 102 Å². The molecule has 0 saturated heterocycles. The summed E-state index contributed by atoms with van der Waals surface area (Å²) in [6, 6.07) is 31.7. The minimum absolute atomic E-state index is 0.832. The monoisotopic (exact) mass is 529 g/mol. The molecule has 7 rings (SSSR count). The van der Waals surface area contributed by atoms with Crippen LogP contribution in [0.4, 0.5) is 0 Å². The first-order valence-electron chi connectivity index (χ1n) is 12.3. The molecule has 7 aromatic rings. The Hall–Kier alpha value is -3.90. The van der Waals surface area contributed by atoms with Crippen molar-refractivity contribution in [1.29, 1.82) is 0 Å². The van der Waals surface area contributed by atoms with Crippen LogP contribution in [0.1, 0.15) is 0 Å². The van der Waals surface area contributed by atoms with E-state index < -0.39 is 13.3 Å². The zero-order valence-corrected chi connectivity index (χ0v) is 22.6. The van der Waals surface area contributed by atoms with Gasteiger partial charge in [-0.3, -0.25) is 0 Å². The molecule has 0 aliphatic rings. The average Bonchev–Trinajstić information content (AvgIpc) is 3.47. The topological polar surface area (TPSA) is 43.9 Å². The molecule has 0 spiro atoms. The van der Waals surface area contributed by atoms with Crippen molar-refractivity contribution >= 4 is 61.5 Å². The Morgan fingerprint density at radius 2 is 1.53 bits per heavy atom. The van der Waals surface area contributed by atoms with Gasteiger partial charge < -0.3 is 0 Å². The second-order valence-corrected chi connectivity index (χ2v) is 21.0. The molecule has 0 atom stereocenters. The van der Waals surface area contributed by atoms with E-state index in [-0.39, 0.29) is 0 Å². The van der Waals surface area contributed by atoms with Crippen LogP contribution >= 0.6 is 0 Å². The van der Waals surface area contributed by atoms with Gasteiger partial charge in [0.05, 0.1) is 0 Å². The molecule has 0 aliphatic carbocycles. The normalized spacial score (nSPS) is 12.3. The van der Waals surface area contributed by atoms with Gasteiger partial charge in [0.25, 0.3) is 0 Å². The SMILES string of the molecule is [CH3][Ge]([CH3])([CH3])[c]1ccc2c(c1)oc1c(-c3nc4c5ccccc5cnc4n3-c3ccccc3)cccc12. The van der Waals surface area contributed by atoms with Crippen LogP contribution in [0.3, 0.4) is 0 Å². The maximum absolute atomic E-state index is 6.60. The summed E-state index contributed by atoms with van der Waals surface area (Å²) >= 11 is -1.99. The number of furan rings is 1. The predicted molar refractivity (Wildman–Crippen MR) is 152 cm³/mol. The van der Waals surface area contributed by atoms with Crippen LogP contribution in [0, 0.1) is 0 Å². The standard InChI is InChI=1S/C31H25GeN3O/c1-32(2,3)21-16-17-24-25-14-9-15-26(29(25)36-27(24)18-21)30-34-28-23-13-8-7-10-20(23)19-33-31(28)35(30)22-11-5-4-6-12-22/h4-19H,1-3H3. The predicted octanol–water partition coefficient (Wildman–Crippen LogP) is 7.69. The van der Waals surface area contributed by atoms with Crippen LogP contribution in [-0.4, -0.2) is 27.8 Å². The quantitative estimate of drug-likeness (QED) is 0.221. The van der Waals surface area contributed by atoms with Gasteiger partial charge in [-0.25, -0.2) is 0 Å². The summed E-state index contributed by atoms with van der Waals surface area (Å²) in [6.07, 6.45) is 1.93. The molecular formula is C31H25GeN3O. The van der Waals surface area contributed by atoms with E-state index in [2.05, 4.69) is 88.6 Å². The summed E-state index contributed by atoms with van der Waals surface area (Å²) in [5, 5.41) is 4.43. The first-order chi connectivity index (χ1) is 17.5. The third-order valence-corrected chi connectivity index (χ3v) is 11.3. The summed E-state index contributed by atoms with van der Waals surface area (Å²) in [5.41, 5.74) is 5.53. The Labute approximate surface area is 211 Å². The van der Waals surface area contributed by atoms with Crippen LogP contribution < -0.4 is 4.40 Å². The number of hydrogen-bond acceptors (Lipinski definition) is 3. The molecule has 3 aromatic heterocycles. The van der Waals surface area contributed by atoms with Crippen molar-refractivity contribution in [3.63, 3.8) is 0 Å². The van der Waals surface area contributed by atoms with E-state index in [1.54, 1.807) is 0 Å². The molecule has 174 valence electrons. The van der Waals surface area contributed by atoms with E-state index in [1.165, 1.54) is 4.40 Å².